The van der Waals surface area contributed by atoms with Crippen LogP contribution >= 0.6 is 0 Å². The molecule has 1 heterocycles. The lowest BCUT2D eigenvalue weighted by atomic mass is 10.1. The quantitative estimate of drug-likeness (QED) is 0.870. The standard InChI is InChI=1S/C14H19NO2/c1-15-9-3-4-12(15)7-5-11-6-8-14(17-2)13(16)10-11/h5-8,10,12,16H,3-4,9H2,1-2H3. The van der Waals surface area contributed by atoms with E-state index >= 15 is 0 Å². The normalized spacial score (nSPS) is 21.2. The Morgan fingerprint density at radius 1 is 1.47 bits per heavy atom. The largest absolute Gasteiger partial charge is 0.504 e. The summed E-state index contributed by atoms with van der Waals surface area (Å²) in [6.45, 7) is 1.17. The smallest absolute Gasteiger partial charge is 0.160 e. The molecule has 1 aliphatic rings. The Morgan fingerprint density at radius 3 is 2.88 bits per heavy atom. The fourth-order valence-corrected chi connectivity index (χ4v) is 2.21. The van der Waals surface area contributed by atoms with E-state index < -0.39 is 0 Å². The van der Waals surface area contributed by atoms with Crippen LogP contribution in [0.3, 0.4) is 0 Å². The number of methoxy groups -OCH3 is 1. The van der Waals surface area contributed by atoms with Gasteiger partial charge in [0.1, 0.15) is 0 Å². The minimum atomic E-state index is 0.189. The molecule has 0 spiro atoms. The van der Waals surface area contributed by atoms with Gasteiger partial charge in [-0.15, -0.1) is 0 Å². The summed E-state index contributed by atoms with van der Waals surface area (Å²) < 4.78 is 5.01. The van der Waals surface area contributed by atoms with E-state index in [4.69, 9.17) is 4.74 Å². The van der Waals surface area contributed by atoms with Crippen molar-refractivity contribution in [1.29, 1.82) is 0 Å². The second kappa shape index (κ2) is 5.23. The number of ether oxygens (including phenoxy) is 1. The summed E-state index contributed by atoms with van der Waals surface area (Å²) in [7, 11) is 3.70. The number of likely N-dealkylation sites (N-methyl/N-ethyl adjacent to an activating group) is 1. The van der Waals surface area contributed by atoms with Gasteiger partial charge in [-0.2, -0.15) is 0 Å². The minimum absolute atomic E-state index is 0.189. The van der Waals surface area contributed by atoms with E-state index in [0.717, 1.165) is 5.56 Å². The summed E-state index contributed by atoms with van der Waals surface area (Å²) >= 11 is 0. The van der Waals surface area contributed by atoms with Crippen molar-refractivity contribution in [2.75, 3.05) is 20.7 Å². The van der Waals surface area contributed by atoms with Gasteiger partial charge in [0.25, 0.3) is 0 Å². The van der Waals surface area contributed by atoms with E-state index in [-0.39, 0.29) is 5.75 Å². The van der Waals surface area contributed by atoms with Gasteiger partial charge >= 0.3 is 0 Å². The molecular formula is C14H19NO2. The molecule has 0 saturated carbocycles. The maximum absolute atomic E-state index is 9.67. The third-order valence-electron chi connectivity index (χ3n) is 3.29. The van der Waals surface area contributed by atoms with Crippen molar-refractivity contribution in [2.24, 2.45) is 0 Å². The maximum Gasteiger partial charge on any atom is 0.160 e. The third-order valence-corrected chi connectivity index (χ3v) is 3.29. The van der Waals surface area contributed by atoms with Crippen LogP contribution in [-0.4, -0.2) is 36.8 Å². The highest BCUT2D eigenvalue weighted by Gasteiger charge is 2.17. The molecular weight excluding hydrogens is 214 g/mol. The molecule has 0 bridgehead atoms. The lowest BCUT2D eigenvalue weighted by Crippen LogP contribution is -2.22. The Morgan fingerprint density at radius 2 is 2.29 bits per heavy atom. The predicted octanol–water partition coefficient (Wildman–Crippen LogP) is 2.51. The van der Waals surface area contributed by atoms with Crippen LogP contribution in [0, 0.1) is 0 Å². The highest BCUT2D eigenvalue weighted by atomic mass is 16.5. The highest BCUT2D eigenvalue weighted by Crippen LogP contribution is 2.27. The molecule has 1 aromatic carbocycles. The zero-order valence-electron chi connectivity index (χ0n) is 10.4. The van der Waals surface area contributed by atoms with E-state index in [0.29, 0.717) is 11.8 Å². The molecule has 0 radical (unpaired) electrons. The topological polar surface area (TPSA) is 32.7 Å². The van der Waals surface area contributed by atoms with Gasteiger partial charge in [0.05, 0.1) is 7.11 Å². The number of aromatic hydroxyl groups is 1. The van der Waals surface area contributed by atoms with Gasteiger partial charge in [-0.05, 0) is 44.1 Å². The molecule has 0 aromatic heterocycles. The molecule has 1 unspecified atom stereocenters. The Hall–Kier alpha value is -1.48. The first-order valence-electron chi connectivity index (χ1n) is 5.96. The number of phenols is 1. The molecule has 1 aliphatic heterocycles. The third kappa shape index (κ3) is 2.80. The summed E-state index contributed by atoms with van der Waals surface area (Å²) in [6, 6.07) is 5.99. The fraction of sp³-hybridized carbons (Fsp3) is 0.429. The Bertz CT molecular complexity index is 415. The first kappa shape index (κ1) is 12.0. The van der Waals surface area contributed by atoms with Crippen LogP contribution in [0.15, 0.2) is 24.3 Å². The molecule has 2 rings (SSSR count). The molecule has 3 heteroatoms. The summed E-state index contributed by atoms with van der Waals surface area (Å²) in [6.07, 6.45) is 6.74. The SMILES string of the molecule is COc1ccc(C=CC2CCCN2C)cc1O. The van der Waals surface area contributed by atoms with Gasteiger partial charge in [-0.1, -0.05) is 18.2 Å². The van der Waals surface area contributed by atoms with Crippen LogP contribution in [-0.2, 0) is 0 Å². The van der Waals surface area contributed by atoms with Gasteiger partial charge in [0, 0.05) is 6.04 Å². The van der Waals surface area contributed by atoms with Gasteiger partial charge in [0.2, 0.25) is 0 Å². The second-order valence-electron chi connectivity index (χ2n) is 4.48. The summed E-state index contributed by atoms with van der Waals surface area (Å²) in [5, 5.41) is 9.67. The summed E-state index contributed by atoms with van der Waals surface area (Å²) in [5.41, 5.74) is 1.00. The summed E-state index contributed by atoms with van der Waals surface area (Å²) in [5.74, 6) is 0.703. The van der Waals surface area contributed by atoms with Crippen LogP contribution in [0.5, 0.6) is 11.5 Å². The maximum atomic E-state index is 9.67. The molecule has 0 aliphatic carbocycles. The van der Waals surface area contributed by atoms with Crippen molar-refractivity contribution >= 4 is 6.08 Å². The van der Waals surface area contributed by atoms with Crippen molar-refractivity contribution in [3.05, 3.63) is 29.8 Å². The Labute approximate surface area is 102 Å². The average molecular weight is 233 g/mol. The number of phenolic OH excluding ortho intramolecular Hbond substituents is 1. The molecule has 17 heavy (non-hydrogen) atoms. The zero-order chi connectivity index (χ0) is 12.3. The molecule has 1 fully saturated rings. The second-order valence-corrected chi connectivity index (χ2v) is 4.48. The Kier molecular flexibility index (Phi) is 3.69. The van der Waals surface area contributed by atoms with Crippen molar-refractivity contribution in [2.45, 2.75) is 18.9 Å². The molecule has 92 valence electrons. The number of nitrogens with zero attached hydrogens (tertiary/aromatic N) is 1. The monoisotopic (exact) mass is 233 g/mol. The first-order valence-corrected chi connectivity index (χ1v) is 5.96. The number of hydrogen-bond donors (Lipinski definition) is 1. The van der Waals surface area contributed by atoms with Crippen molar-refractivity contribution in [3.63, 3.8) is 0 Å². The van der Waals surface area contributed by atoms with Gasteiger partial charge in [-0.3, -0.25) is 4.90 Å². The van der Waals surface area contributed by atoms with E-state index in [1.165, 1.54) is 19.4 Å². The van der Waals surface area contributed by atoms with Crippen molar-refractivity contribution < 1.29 is 9.84 Å². The van der Waals surface area contributed by atoms with Crippen LogP contribution in [0.25, 0.3) is 6.08 Å². The van der Waals surface area contributed by atoms with E-state index in [1.54, 1.807) is 19.2 Å². The average Bonchev–Trinajstić information content (AvgIpc) is 2.72. The Balaban J connectivity index is 2.08. The summed E-state index contributed by atoms with van der Waals surface area (Å²) in [4.78, 5) is 2.35. The molecule has 3 nitrogen and oxygen atoms in total. The number of hydrogen-bond acceptors (Lipinski definition) is 3. The molecule has 1 saturated heterocycles. The number of benzene rings is 1. The lowest BCUT2D eigenvalue weighted by molar-refractivity contribution is 0.358. The van der Waals surface area contributed by atoms with E-state index in [9.17, 15) is 5.11 Å². The minimum Gasteiger partial charge on any atom is -0.504 e. The fourth-order valence-electron chi connectivity index (χ4n) is 2.21. The van der Waals surface area contributed by atoms with Crippen LogP contribution < -0.4 is 4.74 Å². The van der Waals surface area contributed by atoms with Gasteiger partial charge in [-0.25, -0.2) is 0 Å². The molecule has 1 aromatic rings. The highest BCUT2D eigenvalue weighted by molar-refractivity contribution is 5.55. The van der Waals surface area contributed by atoms with Crippen molar-refractivity contribution in [3.8, 4) is 11.5 Å². The lowest BCUT2D eigenvalue weighted by Gasteiger charge is -2.14. The van der Waals surface area contributed by atoms with E-state index in [1.807, 2.05) is 6.07 Å². The molecule has 1 N–H and O–H groups in total. The van der Waals surface area contributed by atoms with Crippen LogP contribution in [0.1, 0.15) is 18.4 Å². The molecule has 0 amide bonds. The number of likely N-dealkylation sites (tertiary alicyclic amines) is 1. The van der Waals surface area contributed by atoms with Crippen molar-refractivity contribution in [1.82, 2.24) is 4.90 Å². The van der Waals surface area contributed by atoms with Crippen LogP contribution in [0.2, 0.25) is 0 Å². The van der Waals surface area contributed by atoms with Crippen LogP contribution in [0.4, 0.5) is 0 Å². The first-order chi connectivity index (χ1) is 8.20. The van der Waals surface area contributed by atoms with Gasteiger partial charge in [0.15, 0.2) is 11.5 Å². The van der Waals surface area contributed by atoms with Gasteiger partial charge < -0.3 is 9.84 Å². The predicted molar refractivity (Wildman–Crippen MR) is 69.3 cm³/mol. The van der Waals surface area contributed by atoms with E-state index in [2.05, 4.69) is 24.1 Å². The zero-order valence-corrected chi connectivity index (χ0v) is 10.4. The number of rotatable bonds is 3. The molecule has 1 atom stereocenters.